The lowest BCUT2D eigenvalue weighted by Gasteiger charge is -2.36. The van der Waals surface area contributed by atoms with Crippen LogP contribution < -0.4 is 35.9 Å². The van der Waals surface area contributed by atoms with Crippen LogP contribution in [0.15, 0.2) is 36.9 Å². The Morgan fingerprint density at radius 1 is 1.07 bits per heavy atom. The number of anilines is 1. The number of ether oxygens (including phenoxy) is 1. The van der Waals surface area contributed by atoms with E-state index in [1.807, 2.05) is 0 Å². The number of rotatable bonds is 20. The van der Waals surface area contributed by atoms with Crippen LogP contribution in [-0.4, -0.2) is 108 Å². The largest absolute Gasteiger partial charge is 0.790 e. The van der Waals surface area contributed by atoms with Crippen LogP contribution in [0.5, 0.6) is 5.75 Å². The van der Waals surface area contributed by atoms with Gasteiger partial charge < -0.3 is 74.1 Å². The zero-order valence-corrected chi connectivity index (χ0v) is 33.2. The van der Waals surface area contributed by atoms with Gasteiger partial charge in [0, 0.05) is 36.2 Å². The molecule has 1 aliphatic rings. The SMILES string of the molecule is CC(C)(COP(=O)([O-])OP(=O)([O-])OC[C@H]1O[C@@H](n2cnc3c(N)ncnc32)[C@H](O)[C@@H]1OP(=O)([O-])[O-])[C@@H](O)C(=O)NCCC(=O)NCCSC(=O)c1cccc(O)c1. The lowest BCUT2D eigenvalue weighted by atomic mass is 9.87. The van der Waals surface area contributed by atoms with E-state index >= 15 is 0 Å². The second-order valence-corrected chi connectivity index (χ2v) is 17.8. The number of fused-ring (bicyclic) bond motifs is 1. The van der Waals surface area contributed by atoms with E-state index < -0.39 is 84.6 Å². The molecule has 316 valence electrons. The summed E-state index contributed by atoms with van der Waals surface area (Å²) < 4.78 is 60.4. The number of aromatic hydroxyl groups is 1. The first-order valence-corrected chi connectivity index (χ1v) is 21.6. The molecule has 1 aliphatic heterocycles. The Kier molecular flexibility index (Phi) is 15.5. The first-order valence-electron chi connectivity index (χ1n) is 16.3. The van der Waals surface area contributed by atoms with E-state index in [9.17, 15) is 63.0 Å². The fourth-order valence-electron chi connectivity index (χ4n) is 4.97. The number of phosphoric acid groups is 3. The highest BCUT2D eigenvalue weighted by molar-refractivity contribution is 8.14. The van der Waals surface area contributed by atoms with Gasteiger partial charge in [0.15, 0.2) is 17.7 Å². The van der Waals surface area contributed by atoms with Crippen LogP contribution >= 0.6 is 35.2 Å². The van der Waals surface area contributed by atoms with Gasteiger partial charge in [-0.15, -0.1) is 0 Å². The van der Waals surface area contributed by atoms with Crippen molar-refractivity contribution < 1.29 is 85.6 Å². The van der Waals surface area contributed by atoms with Gasteiger partial charge in [0.2, 0.25) is 16.9 Å². The van der Waals surface area contributed by atoms with E-state index in [2.05, 4.69) is 43.5 Å². The van der Waals surface area contributed by atoms with Gasteiger partial charge in [-0.2, -0.15) is 0 Å². The Morgan fingerprint density at radius 2 is 1.77 bits per heavy atom. The Bertz CT molecular complexity index is 2070. The first-order chi connectivity index (χ1) is 26.5. The highest BCUT2D eigenvalue weighted by atomic mass is 32.2. The van der Waals surface area contributed by atoms with Crippen molar-refractivity contribution in [2.75, 3.05) is 37.8 Å². The molecule has 0 spiro atoms. The van der Waals surface area contributed by atoms with Gasteiger partial charge >= 0.3 is 0 Å². The molecule has 25 nitrogen and oxygen atoms in total. The second kappa shape index (κ2) is 19.1. The van der Waals surface area contributed by atoms with Crippen molar-refractivity contribution in [3.63, 3.8) is 0 Å². The lowest BCUT2D eigenvalue weighted by Crippen LogP contribution is -2.46. The maximum Gasteiger partial charge on any atom is 0.274 e. The average molecular weight is 884 g/mol. The van der Waals surface area contributed by atoms with Crippen molar-refractivity contribution in [1.29, 1.82) is 0 Å². The van der Waals surface area contributed by atoms with Gasteiger partial charge in [0.25, 0.3) is 15.6 Å². The monoisotopic (exact) mass is 883 g/mol. The zero-order chi connectivity index (χ0) is 42.3. The van der Waals surface area contributed by atoms with Crippen LogP contribution in [-0.2, 0) is 45.9 Å². The fraction of sp³-hybridized carbons (Fsp3) is 0.500. The summed E-state index contributed by atoms with van der Waals surface area (Å²) in [4.78, 5) is 96.2. The fourth-order valence-corrected chi connectivity index (χ4v) is 8.39. The molecule has 3 heterocycles. The molecule has 3 aromatic rings. The molecule has 29 heteroatoms. The summed E-state index contributed by atoms with van der Waals surface area (Å²) in [6.07, 6.45) is -7.70. The third kappa shape index (κ3) is 13.3. The Balaban J connectivity index is 1.23. The minimum Gasteiger partial charge on any atom is -0.790 e. The van der Waals surface area contributed by atoms with Gasteiger partial charge in [0.1, 0.15) is 42.0 Å². The summed E-state index contributed by atoms with van der Waals surface area (Å²) >= 11 is 0.909. The van der Waals surface area contributed by atoms with Gasteiger partial charge in [-0.25, -0.2) is 19.3 Å². The van der Waals surface area contributed by atoms with E-state index in [4.69, 9.17) is 10.5 Å². The number of benzene rings is 1. The predicted molar refractivity (Wildman–Crippen MR) is 186 cm³/mol. The van der Waals surface area contributed by atoms with Crippen LogP contribution in [0, 0.1) is 5.41 Å². The molecule has 1 saturated heterocycles. The number of carbonyl (C=O) groups excluding carboxylic acids is 3. The van der Waals surface area contributed by atoms with Crippen molar-refractivity contribution in [3.05, 3.63) is 42.5 Å². The van der Waals surface area contributed by atoms with E-state index in [1.54, 1.807) is 0 Å². The number of nitrogens with two attached hydrogens (primary N) is 1. The topological polar surface area (TPSA) is 395 Å². The molecule has 0 radical (unpaired) electrons. The molecular weight excluding hydrogens is 847 g/mol. The molecule has 0 bridgehead atoms. The number of aromatic nitrogens is 4. The number of thioether (sulfide) groups is 1. The van der Waals surface area contributed by atoms with E-state index in [0.29, 0.717) is 0 Å². The molecule has 57 heavy (non-hydrogen) atoms. The number of carbonyl (C=O) groups is 3. The third-order valence-corrected chi connectivity index (χ3v) is 11.7. The van der Waals surface area contributed by atoms with Crippen molar-refractivity contribution in [2.24, 2.45) is 5.41 Å². The molecular formula is C28H36N7O18P3S-4. The minimum absolute atomic E-state index is 0.0277. The number of nitrogen functional groups attached to an aromatic ring is 1. The van der Waals surface area contributed by atoms with Crippen molar-refractivity contribution in [2.45, 2.75) is 50.9 Å². The highest BCUT2D eigenvalue weighted by Gasteiger charge is 2.47. The van der Waals surface area contributed by atoms with Crippen molar-refractivity contribution in [1.82, 2.24) is 30.2 Å². The summed E-state index contributed by atoms with van der Waals surface area (Å²) in [5, 5.41) is 35.3. The number of hydrogen-bond donors (Lipinski definition) is 6. The number of aliphatic hydroxyl groups excluding tert-OH is 2. The number of imidazole rings is 1. The van der Waals surface area contributed by atoms with Crippen LogP contribution in [0.2, 0.25) is 0 Å². The van der Waals surface area contributed by atoms with E-state index in [0.717, 1.165) is 29.0 Å². The minimum atomic E-state index is -5.93. The van der Waals surface area contributed by atoms with Crippen LogP contribution in [0.4, 0.5) is 5.82 Å². The highest BCUT2D eigenvalue weighted by Crippen LogP contribution is 2.56. The summed E-state index contributed by atoms with van der Waals surface area (Å²) in [6, 6.07) is 5.74. The molecule has 2 aromatic heterocycles. The predicted octanol–water partition coefficient (Wildman–Crippen LogP) is -2.84. The Hall–Kier alpha value is -3.42. The second-order valence-electron chi connectivity index (χ2n) is 12.7. The molecule has 1 fully saturated rings. The number of amides is 2. The van der Waals surface area contributed by atoms with Crippen molar-refractivity contribution in [3.8, 4) is 5.75 Å². The van der Waals surface area contributed by atoms with E-state index in [-0.39, 0.29) is 58.7 Å². The van der Waals surface area contributed by atoms with Gasteiger partial charge in [-0.1, -0.05) is 37.7 Å². The number of aliphatic hydroxyl groups is 2. The molecule has 0 saturated carbocycles. The number of nitrogens with one attached hydrogen (secondary N) is 2. The third-order valence-electron chi connectivity index (χ3n) is 7.79. The summed E-state index contributed by atoms with van der Waals surface area (Å²) in [7, 11) is -17.6. The first kappa shape index (κ1) is 46.3. The van der Waals surface area contributed by atoms with Gasteiger partial charge in [-0.05, 0) is 12.1 Å². The van der Waals surface area contributed by atoms with Crippen LogP contribution in [0.25, 0.3) is 11.2 Å². The summed E-state index contributed by atoms with van der Waals surface area (Å²) in [5.74, 6) is -1.49. The maximum atomic E-state index is 12.5. The van der Waals surface area contributed by atoms with Gasteiger partial charge in [-0.3, -0.25) is 28.1 Å². The molecule has 7 N–H and O–H groups in total. The standard InChI is InChI=1S/C28H40N7O18P3S/c1-28(2,22(39)25(40)31-7-6-18(37)30-8-9-57-27(41)15-4-3-5-16(36)10-15)12-50-56(47,48)53-55(45,46)49-11-17-21(52-54(42,43)44)20(38)26(51-17)35-14-34-19-23(29)32-13-33-24(19)35/h3-5,10,13-14,17,20-22,26,36,38-39H,6-9,11-12H2,1-2H3,(H,30,37)(H,31,40)(H,45,46)(H,47,48)(H2,29,32,33)(H2,42,43,44)/p-4/t17-,20-,21-,22+,26-/m1/s1. The molecule has 1 aromatic carbocycles. The summed E-state index contributed by atoms with van der Waals surface area (Å²) in [5.41, 5.74) is 4.31. The normalized spacial score (nSPS) is 21.4. The lowest BCUT2D eigenvalue weighted by molar-refractivity contribution is -0.347. The number of hydrogen-bond acceptors (Lipinski definition) is 23. The molecule has 2 amide bonds. The average Bonchev–Trinajstić information content (AvgIpc) is 3.68. The van der Waals surface area contributed by atoms with Crippen LogP contribution in [0.3, 0.4) is 0 Å². The molecule has 7 atom stereocenters. The number of nitrogens with zero attached hydrogens (tertiary/aromatic N) is 4. The zero-order valence-electron chi connectivity index (χ0n) is 29.7. The number of phenols is 1. The smallest absolute Gasteiger partial charge is 0.274 e. The quantitative estimate of drug-likeness (QED) is 0.0491. The molecule has 0 aliphatic carbocycles. The van der Waals surface area contributed by atoms with Gasteiger partial charge in [0.05, 0.1) is 27.4 Å². The van der Waals surface area contributed by atoms with Crippen molar-refractivity contribution >= 4 is 69.1 Å². The molecule has 4 rings (SSSR count). The number of phosphoric ester groups is 3. The summed E-state index contributed by atoms with van der Waals surface area (Å²) in [6.45, 7) is -0.0905. The molecule has 2 unspecified atom stereocenters. The maximum absolute atomic E-state index is 12.5. The van der Waals surface area contributed by atoms with E-state index in [1.165, 1.54) is 38.1 Å². The van der Waals surface area contributed by atoms with Crippen LogP contribution in [0.1, 0.15) is 36.9 Å². The Morgan fingerprint density at radius 3 is 2.46 bits per heavy atom. The Labute approximate surface area is 326 Å². The number of phenolic OH excluding ortho intramolecular Hbond substituents is 1.